The summed E-state index contributed by atoms with van der Waals surface area (Å²) >= 11 is 0.911. The van der Waals surface area contributed by atoms with E-state index in [1.165, 1.54) is 29.4 Å². The normalized spacial score (nSPS) is 17.8. The number of carboxylic acids is 1. The lowest BCUT2D eigenvalue weighted by atomic mass is 10.2. The minimum absolute atomic E-state index is 0.0109. The van der Waals surface area contributed by atoms with Gasteiger partial charge in [0.15, 0.2) is 22.9 Å². The van der Waals surface area contributed by atoms with Gasteiger partial charge in [-0.2, -0.15) is 17.7 Å². The van der Waals surface area contributed by atoms with Crippen LogP contribution in [0, 0.1) is 11.6 Å². The first-order valence-corrected chi connectivity index (χ1v) is 12.9. The lowest BCUT2D eigenvalue weighted by Gasteiger charge is -2.32. The highest BCUT2D eigenvalue weighted by atomic mass is 32.2. The van der Waals surface area contributed by atoms with Crippen LogP contribution >= 0.6 is 11.8 Å². The predicted molar refractivity (Wildman–Crippen MR) is 122 cm³/mol. The molecule has 1 aromatic carbocycles. The second kappa shape index (κ2) is 11.3. The summed E-state index contributed by atoms with van der Waals surface area (Å²) in [4.78, 5) is 19.4. The maximum Gasteiger partial charge on any atom is 0.344 e. The van der Waals surface area contributed by atoms with Crippen LogP contribution in [-0.2, 0) is 20.8 Å². The molecular formula is C20H25F2N5O5S2. The molecule has 1 fully saturated rings. The molecule has 2 heterocycles. The Hall–Kier alpha value is -2.55. The van der Waals surface area contributed by atoms with E-state index in [1.54, 1.807) is 0 Å². The minimum atomic E-state index is -3.97. The molecule has 10 nitrogen and oxygen atoms in total. The van der Waals surface area contributed by atoms with Crippen molar-refractivity contribution in [1.29, 1.82) is 0 Å². The van der Waals surface area contributed by atoms with Crippen LogP contribution in [0.1, 0.15) is 25.8 Å². The molecule has 3 rings (SSSR count). The zero-order valence-electron chi connectivity index (χ0n) is 18.5. The van der Waals surface area contributed by atoms with Crippen molar-refractivity contribution in [2.75, 3.05) is 24.4 Å². The molecule has 34 heavy (non-hydrogen) atoms. The van der Waals surface area contributed by atoms with Gasteiger partial charge in [-0.1, -0.05) is 30.8 Å². The maximum atomic E-state index is 14.0. The molecule has 2 aromatic rings. The third-order valence-electron chi connectivity index (χ3n) is 5.00. The fourth-order valence-corrected chi connectivity index (χ4v) is 5.13. The molecule has 0 saturated carbocycles. The average Bonchev–Trinajstić information content (AvgIpc) is 2.79. The SMILES string of the molecule is CC[C@@H]1CN(S(=O)(=O)Nc2cc(O[C@H](C)C(=O)O)nc(SCc3cccc(F)c3F)n2)CCN1. The number of halogens is 2. The molecular weight excluding hydrogens is 492 g/mol. The summed E-state index contributed by atoms with van der Waals surface area (Å²) in [5.41, 5.74) is 0.0624. The van der Waals surface area contributed by atoms with E-state index >= 15 is 0 Å². The summed E-state index contributed by atoms with van der Waals surface area (Å²) in [7, 11) is -3.97. The first-order chi connectivity index (χ1) is 16.1. The van der Waals surface area contributed by atoms with E-state index in [0.717, 1.165) is 24.2 Å². The molecule has 1 aromatic heterocycles. The topological polar surface area (TPSA) is 134 Å². The van der Waals surface area contributed by atoms with Crippen LogP contribution in [0.2, 0.25) is 0 Å². The van der Waals surface area contributed by atoms with Gasteiger partial charge in [-0.3, -0.25) is 4.72 Å². The molecule has 3 N–H and O–H groups in total. The number of nitrogens with zero attached hydrogens (tertiary/aromatic N) is 3. The second-order valence-electron chi connectivity index (χ2n) is 7.50. The van der Waals surface area contributed by atoms with Gasteiger partial charge in [-0.05, 0) is 19.4 Å². The molecule has 1 saturated heterocycles. The van der Waals surface area contributed by atoms with Gasteiger partial charge in [0.2, 0.25) is 5.88 Å². The summed E-state index contributed by atoms with van der Waals surface area (Å²) in [5, 5.41) is 12.3. The fraction of sp³-hybridized carbons (Fsp3) is 0.450. The highest BCUT2D eigenvalue weighted by Gasteiger charge is 2.28. The largest absolute Gasteiger partial charge is 0.479 e. The van der Waals surface area contributed by atoms with Gasteiger partial charge >= 0.3 is 16.2 Å². The Bertz CT molecular complexity index is 1140. The van der Waals surface area contributed by atoms with Gasteiger partial charge in [0.1, 0.15) is 5.82 Å². The summed E-state index contributed by atoms with van der Waals surface area (Å²) in [6.07, 6.45) is -0.515. The Kier molecular flexibility index (Phi) is 8.62. The Morgan fingerprint density at radius 1 is 1.41 bits per heavy atom. The van der Waals surface area contributed by atoms with Crippen LogP contribution in [0.5, 0.6) is 5.88 Å². The molecule has 0 amide bonds. The summed E-state index contributed by atoms with van der Waals surface area (Å²) in [6, 6.07) is 4.94. The number of rotatable bonds is 10. The molecule has 14 heteroatoms. The highest BCUT2D eigenvalue weighted by molar-refractivity contribution is 7.98. The highest BCUT2D eigenvalue weighted by Crippen LogP contribution is 2.27. The standard InChI is InChI=1S/C20H25F2N5O5S2/c1-3-14-10-27(8-7-23-14)34(30,31)26-16-9-17(32-12(2)19(28)29)25-20(24-16)33-11-13-5-4-6-15(21)18(13)22/h4-6,9,12,14,23H,3,7-8,10-11H2,1-2H3,(H,28,29)(H,24,25,26)/t12-,14-/m1/s1. The summed E-state index contributed by atoms with van der Waals surface area (Å²) in [6.45, 7) is 4.26. The number of anilines is 1. The summed E-state index contributed by atoms with van der Waals surface area (Å²) < 4.78 is 62.3. The zero-order valence-corrected chi connectivity index (χ0v) is 20.1. The van der Waals surface area contributed by atoms with E-state index in [0.29, 0.717) is 6.54 Å². The van der Waals surface area contributed by atoms with Gasteiger partial charge in [0, 0.05) is 43.1 Å². The number of benzene rings is 1. The molecule has 186 valence electrons. The number of ether oxygens (including phenoxy) is 1. The van der Waals surface area contributed by atoms with E-state index in [4.69, 9.17) is 9.84 Å². The van der Waals surface area contributed by atoms with E-state index in [-0.39, 0.29) is 47.3 Å². The second-order valence-corrected chi connectivity index (χ2v) is 10.1. The zero-order chi connectivity index (χ0) is 24.9. The fourth-order valence-electron chi connectivity index (χ4n) is 3.10. The quantitative estimate of drug-likeness (QED) is 0.320. The van der Waals surface area contributed by atoms with Crippen molar-refractivity contribution in [3.63, 3.8) is 0 Å². The van der Waals surface area contributed by atoms with Crippen LogP contribution in [-0.4, -0.2) is 65.5 Å². The maximum absolute atomic E-state index is 14.0. The van der Waals surface area contributed by atoms with Gasteiger partial charge < -0.3 is 15.2 Å². The van der Waals surface area contributed by atoms with Crippen LogP contribution in [0.3, 0.4) is 0 Å². The van der Waals surface area contributed by atoms with E-state index < -0.39 is 33.9 Å². The predicted octanol–water partition coefficient (Wildman–Crippen LogP) is 2.24. The van der Waals surface area contributed by atoms with Crippen molar-refractivity contribution >= 4 is 33.8 Å². The molecule has 0 unspecified atom stereocenters. The number of aliphatic carboxylic acids is 1. The molecule has 0 radical (unpaired) electrons. The molecule has 0 spiro atoms. The van der Waals surface area contributed by atoms with E-state index in [1.807, 2.05) is 6.92 Å². The van der Waals surface area contributed by atoms with Crippen LogP contribution in [0.15, 0.2) is 29.4 Å². The molecule has 1 aliphatic rings. The Morgan fingerprint density at radius 2 is 2.18 bits per heavy atom. The number of hydrogen-bond acceptors (Lipinski definition) is 8. The number of piperazine rings is 1. The van der Waals surface area contributed by atoms with Crippen molar-refractivity contribution in [3.8, 4) is 5.88 Å². The van der Waals surface area contributed by atoms with Crippen molar-refractivity contribution in [2.24, 2.45) is 0 Å². The lowest BCUT2D eigenvalue weighted by molar-refractivity contribution is -0.144. The average molecular weight is 518 g/mol. The smallest absolute Gasteiger partial charge is 0.344 e. The molecule has 0 aliphatic carbocycles. The van der Waals surface area contributed by atoms with E-state index in [9.17, 15) is 22.0 Å². The van der Waals surface area contributed by atoms with Crippen LogP contribution in [0.25, 0.3) is 0 Å². The summed E-state index contributed by atoms with van der Waals surface area (Å²) in [5.74, 6) is -3.63. The van der Waals surface area contributed by atoms with Crippen molar-refractivity contribution < 1.29 is 31.8 Å². The van der Waals surface area contributed by atoms with Crippen molar-refractivity contribution in [1.82, 2.24) is 19.6 Å². The van der Waals surface area contributed by atoms with Gasteiger partial charge in [-0.15, -0.1) is 0 Å². The number of nitrogens with one attached hydrogen (secondary N) is 2. The Labute approximate surface area is 200 Å². The van der Waals surface area contributed by atoms with E-state index in [2.05, 4.69) is 20.0 Å². The molecule has 2 atom stereocenters. The van der Waals surface area contributed by atoms with Crippen molar-refractivity contribution in [3.05, 3.63) is 41.5 Å². The minimum Gasteiger partial charge on any atom is -0.479 e. The van der Waals surface area contributed by atoms with Gasteiger partial charge in [-0.25, -0.2) is 18.6 Å². The Morgan fingerprint density at radius 3 is 2.88 bits per heavy atom. The number of carboxylic acid groups (broad SMARTS) is 1. The Balaban J connectivity index is 1.84. The first-order valence-electron chi connectivity index (χ1n) is 10.4. The number of aromatic nitrogens is 2. The van der Waals surface area contributed by atoms with Gasteiger partial charge in [0.25, 0.3) is 0 Å². The third kappa shape index (κ3) is 6.74. The number of hydrogen-bond donors (Lipinski definition) is 3. The van der Waals surface area contributed by atoms with Crippen LogP contribution in [0.4, 0.5) is 14.6 Å². The molecule has 1 aliphatic heterocycles. The molecule has 0 bridgehead atoms. The van der Waals surface area contributed by atoms with Crippen LogP contribution < -0.4 is 14.8 Å². The monoisotopic (exact) mass is 517 g/mol. The van der Waals surface area contributed by atoms with Gasteiger partial charge in [0.05, 0.1) is 0 Å². The lowest BCUT2D eigenvalue weighted by Crippen LogP contribution is -2.53. The third-order valence-corrected chi connectivity index (χ3v) is 7.37. The first kappa shape index (κ1) is 26.1. The number of carbonyl (C=O) groups is 1. The number of thioether (sulfide) groups is 1. The van der Waals surface area contributed by atoms with Crippen molar-refractivity contribution in [2.45, 2.75) is 43.3 Å².